The number of carbonyl (C=O) groups is 1. The van der Waals surface area contributed by atoms with Crippen molar-refractivity contribution in [2.24, 2.45) is 0 Å². The molecule has 9 heteroatoms. The van der Waals surface area contributed by atoms with Crippen LogP contribution < -0.4 is 5.32 Å². The van der Waals surface area contributed by atoms with Crippen LogP contribution in [0, 0.1) is 0 Å². The molecular formula is C25H28N6O2S. The highest BCUT2D eigenvalue weighted by molar-refractivity contribution is 7.14. The zero-order chi connectivity index (χ0) is 23.7. The van der Waals surface area contributed by atoms with E-state index < -0.39 is 0 Å². The quantitative estimate of drug-likeness (QED) is 0.443. The Bertz CT molecular complexity index is 1290. The van der Waals surface area contributed by atoms with Crippen LogP contribution in [0.4, 0.5) is 5.13 Å². The summed E-state index contributed by atoms with van der Waals surface area (Å²) in [6.45, 7) is 9.36. The Morgan fingerprint density at radius 3 is 2.68 bits per heavy atom. The second kappa shape index (κ2) is 9.61. The van der Waals surface area contributed by atoms with Gasteiger partial charge in [-0.2, -0.15) is 5.10 Å². The van der Waals surface area contributed by atoms with E-state index in [1.54, 1.807) is 6.20 Å². The van der Waals surface area contributed by atoms with Gasteiger partial charge in [0.2, 0.25) is 0 Å². The molecule has 5 rings (SSSR count). The average molecular weight is 477 g/mol. The minimum atomic E-state index is -0.213. The SMILES string of the molecule is CCn1ncc2c(C(=O)Nc3nc(CN4CC(C)OC(C)C4)cs3)cc(-c3ccccc3)nc21. The number of thiazole rings is 1. The lowest BCUT2D eigenvalue weighted by atomic mass is 10.1. The smallest absolute Gasteiger partial charge is 0.258 e. The van der Waals surface area contributed by atoms with E-state index in [0.717, 1.165) is 42.0 Å². The van der Waals surface area contributed by atoms with Crippen LogP contribution in [0.25, 0.3) is 22.3 Å². The van der Waals surface area contributed by atoms with Crippen molar-refractivity contribution in [2.75, 3.05) is 18.4 Å². The van der Waals surface area contributed by atoms with Crippen LogP contribution in [0.1, 0.15) is 36.8 Å². The van der Waals surface area contributed by atoms with Crippen molar-refractivity contribution in [2.45, 2.75) is 46.1 Å². The number of amides is 1. The van der Waals surface area contributed by atoms with Crippen LogP contribution in [0.3, 0.4) is 0 Å². The number of carbonyl (C=O) groups excluding carboxylic acids is 1. The Labute approximate surface area is 202 Å². The summed E-state index contributed by atoms with van der Waals surface area (Å²) < 4.78 is 7.63. The molecule has 1 N–H and O–H groups in total. The molecule has 1 amide bonds. The molecule has 34 heavy (non-hydrogen) atoms. The Kier molecular flexibility index (Phi) is 6.40. The standard InChI is InChI=1S/C25H28N6O2S/c1-4-31-23-21(11-26-31)20(10-22(28-23)18-8-6-5-7-9-18)24(32)29-25-27-19(15-34-25)14-30-12-16(2)33-17(3)13-30/h5-11,15-17H,4,12-14H2,1-3H3,(H,27,29,32). The number of aryl methyl sites for hydroxylation is 1. The highest BCUT2D eigenvalue weighted by Crippen LogP contribution is 2.26. The molecular weight excluding hydrogens is 448 g/mol. The van der Waals surface area contributed by atoms with Gasteiger partial charge in [0.05, 0.1) is 40.7 Å². The van der Waals surface area contributed by atoms with Gasteiger partial charge in [0.15, 0.2) is 10.8 Å². The summed E-state index contributed by atoms with van der Waals surface area (Å²) in [6, 6.07) is 11.7. The second-order valence-corrected chi connectivity index (χ2v) is 9.53. The van der Waals surface area contributed by atoms with Crippen LogP contribution in [-0.2, 0) is 17.8 Å². The van der Waals surface area contributed by atoms with Crippen molar-refractivity contribution >= 4 is 33.4 Å². The molecule has 0 aliphatic carbocycles. The van der Waals surface area contributed by atoms with E-state index in [9.17, 15) is 4.79 Å². The molecule has 8 nitrogen and oxygen atoms in total. The molecule has 4 aromatic rings. The van der Waals surface area contributed by atoms with Gasteiger partial charge in [0, 0.05) is 37.1 Å². The van der Waals surface area contributed by atoms with Crippen LogP contribution in [0.15, 0.2) is 48.0 Å². The summed E-state index contributed by atoms with van der Waals surface area (Å²) in [5, 5.41) is 10.7. The fourth-order valence-electron chi connectivity index (χ4n) is 4.47. The molecule has 2 atom stereocenters. The van der Waals surface area contributed by atoms with Crippen molar-refractivity contribution in [3.8, 4) is 11.3 Å². The molecule has 176 valence electrons. The maximum atomic E-state index is 13.4. The molecule has 1 aliphatic heterocycles. The number of anilines is 1. The summed E-state index contributed by atoms with van der Waals surface area (Å²) in [5.74, 6) is -0.213. The molecule has 4 heterocycles. The zero-order valence-electron chi connectivity index (χ0n) is 19.6. The van der Waals surface area contributed by atoms with Gasteiger partial charge in [-0.05, 0) is 26.8 Å². The number of ether oxygens (including phenoxy) is 1. The van der Waals surface area contributed by atoms with Gasteiger partial charge in [0.1, 0.15) is 0 Å². The minimum Gasteiger partial charge on any atom is -0.373 e. The van der Waals surface area contributed by atoms with Gasteiger partial charge in [-0.15, -0.1) is 11.3 Å². The number of hydrogen-bond acceptors (Lipinski definition) is 7. The third kappa shape index (κ3) is 4.72. The van der Waals surface area contributed by atoms with Crippen molar-refractivity contribution in [1.82, 2.24) is 24.6 Å². The van der Waals surface area contributed by atoms with Crippen molar-refractivity contribution in [3.05, 3.63) is 59.2 Å². The highest BCUT2D eigenvalue weighted by atomic mass is 32.1. The number of hydrogen-bond donors (Lipinski definition) is 1. The molecule has 1 aliphatic rings. The Hall–Kier alpha value is -3.14. The predicted octanol–water partition coefficient (Wildman–Crippen LogP) is 4.44. The monoisotopic (exact) mass is 476 g/mol. The van der Waals surface area contributed by atoms with E-state index in [1.807, 2.05) is 53.4 Å². The van der Waals surface area contributed by atoms with Gasteiger partial charge in [-0.1, -0.05) is 30.3 Å². The first-order valence-electron chi connectivity index (χ1n) is 11.6. The van der Waals surface area contributed by atoms with E-state index >= 15 is 0 Å². The first-order valence-corrected chi connectivity index (χ1v) is 12.4. The lowest BCUT2D eigenvalue weighted by molar-refractivity contribution is -0.0707. The summed E-state index contributed by atoms with van der Waals surface area (Å²) in [5.41, 5.74) is 3.88. The number of morpholine rings is 1. The van der Waals surface area contributed by atoms with Gasteiger partial charge in [-0.3, -0.25) is 15.0 Å². The number of rotatable bonds is 6. The summed E-state index contributed by atoms with van der Waals surface area (Å²) >= 11 is 1.44. The molecule has 0 bridgehead atoms. The summed E-state index contributed by atoms with van der Waals surface area (Å²) in [7, 11) is 0. The van der Waals surface area contributed by atoms with E-state index in [1.165, 1.54) is 11.3 Å². The fourth-order valence-corrected chi connectivity index (χ4v) is 5.16. The number of fused-ring (bicyclic) bond motifs is 1. The van der Waals surface area contributed by atoms with Gasteiger partial charge < -0.3 is 4.74 Å². The molecule has 0 radical (unpaired) electrons. The molecule has 1 saturated heterocycles. The normalized spacial score (nSPS) is 18.9. The Morgan fingerprint density at radius 1 is 1.18 bits per heavy atom. The van der Waals surface area contributed by atoms with Gasteiger partial charge in [0.25, 0.3) is 5.91 Å². The van der Waals surface area contributed by atoms with E-state index in [-0.39, 0.29) is 18.1 Å². The molecule has 1 aromatic carbocycles. The average Bonchev–Trinajstić information content (AvgIpc) is 3.44. The lowest BCUT2D eigenvalue weighted by Crippen LogP contribution is -2.44. The van der Waals surface area contributed by atoms with Crippen LogP contribution in [-0.4, -0.2) is 55.9 Å². The van der Waals surface area contributed by atoms with Crippen molar-refractivity contribution in [3.63, 3.8) is 0 Å². The molecule has 0 saturated carbocycles. The number of nitrogens with one attached hydrogen (secondary N) is 1. The second-order valence-electron chi connectivity index (χ2n) is 8.67. The first-order chi connectivity index (χ1) is 16.5. The minimum absolute atomic E-state index is 0.207. The number of benzene rings is 1. The molecule has 3 aromatic heterocycles. The highest BCUT2D eigenvalue weighted by Gasteiger charge is 2.23. The maximum absolute atomic E-state index is 13.4. The number of pyridine rings is 1. The largest absolute Gasteiger partial charge is 0.373 e. The summed E-state index contributed by atoms with van der Waals surface area (Å²) in [4.78, 5) is 25.2. The first kappa shape index (κ1) is 22.6. The van der Waals surface area contributed by atoms with E-state index in [2.05, 4.69) is 34.1 Å². The van der Waals surface area contributed by atoms with Gasteiger partial charge >= 0.3 is 0 Å². The fraction of sp³-hybridized carbons (Fsp3) is 0.360. The molecule has 0 spiro atoms. The summed E-state index contributed by atoms with van der Waals surface area (Å²) in [6.07, 6.45) is 2.13. The zero-order valence-corrected chi connectivity index (χ0v) is 20.4. The molecule has 2 unspecified atom stereocenters. The lowest BCUT2D eigenvalue weighted by Gasteiger charge is -2.34. The third-order valence-corrected chi connectivity index (χ3v) is 6.68. The predicted molar refractivity (Wildman–Crippen MR) is 134 cm³/mol. The van der Waals surface area contributed by atoms with E-state index in [0.29, 0.717) is 22.9 Å². The number of nitrogens with zero attached hydrogens (tertiary/aromatic N) is 5. The Balaban J connectivity index is 1.39. The van der Waals surface area contributed by atoms with Crippen molar-refractivity contribution < 1.29 is 9.53 Å². The third-order valence-electron chi connectivity index (χ3n) is 5.88. The topological polar surface area (TPSA) is 85.2 Å². The van der Waals surface area contributed by atoms with Crippen LogP contribution in [0.2, 0.25) is 0 Å². The molecule has 1 fully saturated rings. The van der Waals surface area contributed by atoms with Crippen LogP contribution in [0.5, 0.6) is 0 Å². The van der Waals surface area contributed by atoms with Gasteiger partial charge in [-0.25, -0.2) is 14.6 Å². The number of aromatic nitrogens is 4. The van der Waals surface area contributed by atoms with Crippen LogP contribution >= 0.6 is 11.3 Å². The van der Waals surface area contributed by atoms with E-state index in [4.69, 9.17) is 9.72 Å². The Morgan fingerprint density at radius 2 is 1.94 bits per heavy atom. The van der Waals surface area contributed by atoms with Crippen molar-refractivity contribution in [1.29, 1.82) is 0 Å². The maximum Gasteiger partial charge on any atom is 0.258 e.